The molecule has 1 fully saturated rings. The maximum absolute atomic E-state index is 13.2. The van der Waals surface area contributed by atoms with E-state index in [-0.39, 0.29) is 17.0 Å². The Morgan fingerprint density at radius 3 is 2.71 bits per heavy atom. The van der Waals surface area contributed by atoms with E-state index in [1.807, 2.05) is 6.07 Å². The van der Waals surface area contributed by atoms with E-state index >= 15 is 0 Å². The number of rotatable bonds is 1. The molecule has 1 saturated heterocycles. The molecule has 0 aliphatic carbocycles. The van der Waals surface area contributed by atoms with Gasteiger partial charge >= 0.3 is 0 Å². The summed E-state index contributed by atoms with van der Waals surface area (Å²) in [4.78, 5) is 13.7. The molecule has 1 aromatic rings. The Labute approximate surface area is 98.6 Å². The highest BCUT2D eigenvalue weighted by Gasteiger charge is 2.18. The van der Waals surface area contributed by atoms with Crippen molar-refractivity contribution in [3.05, 3.63) is 35.1 Å². The van der Waals surface area contributed by atoms with Crippen molar-refractivity contribution in [1.29, 1.82) is 5.26 Å². The van der Waals surface area contributed by atoms with Gasteiger partial charge in [-0.25, -0.2) is 4.39 Å². The van der Waals surface area contributed by atoms with Crippen LogP contribution in [0.5, 0.6) is 0 Å². The molecule has 1 N–H and O–H groups in total. The zero-order chi connectivity index (χ0) is 12.3. The van der Waals surface area contributed by atoms with E-state index in [0.29, 0.717) is 13.1 Å². The molecule has 1 aromatic carbocycles. The van der Waals surface area contributed by atoms with Gasteiger partial charge in [0.05, 0.1) is 11.6 Å². The fourth-order valence-corrected chi connectivity index (χ4v) is 1.83. The summed E-state index contributed by atoms with van der Waals surface area (Å²) in [5.41, 5.74) is 0.409. The number of hydrogen-bond acceptors (Lipinski definition) is 3. The summed E-state index contributed by atoms with van der Waals surface area (Å²) < 4.78 is 13.2. The van der Waals surface area contributed by atoms with Crippen LogP contribution < -0.4 is 5.32 Å². The normalized spacial score (nSPS) is 15.4. The topological polar surface area (TPSA) is 56.1 Å². The second-order valence-corrected chi connectivity index (χ2v) is 3.88. The first kappa shape index (κ1) is 11.6. The van der Waals surface area contributed by atoms with Crippen molar-refractivity contribution in [3.63, 3.8) is 0 Å². The van der Waals surface area contributed by atoms with Crippen LogP contribution in [0.3, 0.4) is 0 Å². The number of hydrogen-bond donors (Lipinski definition) is 1. The van der Waals surface area contributed by atoms with Gasteiger partial charge in [-0.1, -0.05) is 0 Å². The fourth-order valence-electron chi connectivity index (χ4n) is 1.83. The highest BCUT2D eigenvalue weighted by atomic mass is 19.1. The maximum Gasteiger partial charge on any atom is 0.254 e. The van der Waals surface area contributed by atoms with E-state index in [2.05, 4.69) is 5.32 Å². The molecule has 17 heavy (non-hydrogen) atoms. The Balaban J connectivity index is 2.24. The number of carbonyl (C=O) groups is 1. The van der Waals surface area contributed by atoms with Crippen molar-refractivity contribution < 1.29 is 9.18 Å². The molecule has 0 radical (unpaired) electrons. The van der Waals surface area contributed by atoms with Gasteiger partial charge in [-0.15, -0.1) is 0 Å². The second-order valence-electron chi connectivity index (χ2n) is 3.88. The first-order chi connectivity index (χ1) is 8.20. The Morgan fingerprint density at radius 2 is 2.06 bits per heavy atom. The number of nitriles is 1. The largest absolute Gasteiger partial charge is 0.336 e. The van der Waals surface area contributed by atoms with Crippen LogP contribution in [0.15, 0.2) is 18.2 Å². The number of piperazine rings is 1. The van der Waals surface area contributed by atoms with E-state index in [1.165, 1.54) is 12.1 Å². The van der Waals surface area contributed by atoms with E-state index in [9.17, 15) is 9.18 Å². The lowest BCUT2D eigenvalue weighted by atomic mass is 10.1. The maximum atomic E-state index is 13.2. The lowest BCUT2D eigenvalue weighted by molar-refractivity contribution is 0.0735. The van der Waals surface area contributed by atoms with Gasteiger partial charge in [0.1, 0.15) is 5.82 Å². The SMILES string of the molecule is N#Cc1cc(F)cc(C(=O)N2CCNCC2)c1. The van der Waals surface area contributed by atoms with Gasteiger partial charge in [0.15, 0.2) is 0 Å². The molecule has 0 bridgehead atoms. The summed E-state index contributed by atoms with van der Waals surface area (Å²) in [6.07, 6.45) is 0. The van der Waals surface area contributed by atoms with Crippen molar-refractivity contribution in [2.24, 2.45) is 0 Å². The van der Waals surface area contributed by atoms with Gasteiger partial charge in [0.25, 0.3) is 5.91 Å². The molecule has 4 nitrogen and oxygen atoms in total. The summed E-state index contributed by atoms with van der Waals surface area (Å²) in [6.45, 7) is 2.70. The van der Waals surface area contributed by atoms with Crippen LogP contribution in [-0.4, -0.2) is 37.0 Å². The van der Waals surface area contributed by atoms with E-state index < -0.39 is 5.82 Å². The van der Waals surface area contributed by atoms with Crippen molar-refractivity contribution in [2.75, 3.05) is 26.2 Å². The molecule has 0 saturated carbocycles. The Hall–Kier alpha value is -1.93. The third kappa shape index (κ3) is 2.60. The first-order valence-corrected chi connectivity index (χ1v) is 5.41. The predicted octanol–water partition coefficient (Wildman–Crippen LogP) is 0.743. The van der Waals surface area contributed by atoms with Crippen LogP contribution in [0, 0.1) is 17.1 Å². The minimum atomic E-state index is -0.553. The summed E-state index contributed by atoms with van der Waals surface area (Å²) in [7, 11) is 0. The predicted molar refractivity (Wildman–Crippen MR) is 59.9 cm³/mol. The molecule has 1 amide bonds. The molecule has 2 rings (SSSR count). The molecule has 1 aliphatic rings. The minimum Gasteiger partial charge on any atom is -0.336 e. The minimum absolute atomic E-state index is 0.170. The summed E-state index contributed by atoms with van der Waals surface area (Å²) in [5, 5.41) is 11.9. The molecule has 88 valence electrons. The lowest BCUT2D eigenvalue weighted by Gasteiger charge is -2.27. The second kappa shape index (κ2) is 4.93. The van der Waals surface area contributed by atoms with Crippen LogP contribution >= 0.6 is 0 Å². The number of amides is 1. The molecule has 0 spiro atoms. The van der Waals surface area contributed by atoms with Crippen molar-refractivity contribution >= 4 is 5.91 Å². The van der Waals surface area contributed by atoms with E-state index in [1.54, 1.807) is 4.90 Å². The van der Waals surface area contributed by atoms with Gasteiger partial charge in [-0.3, -0.25) is 4.79 Å². The van der Waals surface area contributed by atoms with E-state index in [4.69, 9.17) is 5.26 Å². The van der Waals surface area contributed by atoms with E-state index in [0.717, 1.165) is 19.2 Å². The summed E-state index contributed by atoms with van der Waals surface area (Å²) in [5.74, 6) is -0.773. The van der Waals surface area contributed by atoms with Crippen LogP contribution in [-0.2, 0) is 0 Å². The highest BCUT2D eigenvalue weighted by molar-refractivity contribution is 5.94. The summed E-state index contributed by atoms with van der Waals surface area (Å²) >= 11 is 0. The highest BCUT2D eigenvalue weighted by Crippen LogP contribution is 2.11. The number of halogens is 1. The van der Waals surface area contributed by atoms with Gasteiger partial charge < -0.3 is 10.2 Å². The van der Waals surface area contributed by atoms with Gasteiger partial charge in [-0.05, 0) is 18.2 Å². The van der Waals surface area contributed by atoms with Gasteiger partial charge in [0.2, 0.25) is 0 Å². The number of benzene rings is 1. The molecular formula is C12H12FN3O. The Bertz CT molecular complexity index is 475. The zero-order valence-electron chi connectivity index (χ0n) is 9.24. The molecular weight excluding hydrogens is 221 g/mol. The van der Waals surface area contributed by atoms with Crippen LogP contribution in [0.1, 0.15) is 15.9 Å². The van der Waals surface area contributed by atoms with Crippen LogP contribution in [0.2, 0.25) is 0 Å². The van der Waals surface area contributed by atoms with Gasteiger partial charge in [-0.2, -0.15) is 5.26 Å². The molecule has 5 heteroatoms. The van der Waals surface area contributed by atoms with Crippen molar-refractivity contribution in [3.8, 4) is 6.07 Å². The van der Waals surface area contributed by atoms with Crippen molar-refractivity contribution in [2.45, 2.75) is 0 Å². The summed E-state index contributed by atoms with van der Waals surface area (Å²) in [6, 6.07) is 5.56. The smallest absolute Gasteiger partial charge is 0.254 e. The molecule has 1 heterocycles. The fraction of sp³-hybridized carbons (Fsp3) is 0.333. The first-order valence-electron chi connectivity index (χ1n) is 5.41. The Morgan fingerprint density at radius 1 is 1.35 bits per heavy atom. The van der Waals surface area contributed by atoms with Gasteiger partial charge in [0, 0.05) is 31.7 Å². The monoisotopic (exact) mass is 233 g/mol. The van der Waals surface area contributed by atoms with Crippen LogP contribution in [0.25, 0.3) is 0 Å². The molecule has 0 atom stereocenters. The Kier molecular flexibility index (Phi) is 3.35. The average molecular weight is 233 g/mol. The molecule has 0 unspecified atom stereocenters. The third-order valence-electron chi connectivity index (χ3n) is 2.68. The molecule has 0 aromatic heterocycles. The third-order valence-corrected chi connectivity index (χ3v) is 2.68. The zero-order valence-corrected chi connectivity index (χ0v) is 9.24. The quantitative estimate of drug-likeness (QED) is 0.778. The standard InChI is InChI=1S/C12H12FN3O/c13-11-6-9(8-14)5-10(7-11)12(17)16-3-1-15-2-4-16/h5-7,15H,1-4H2. The lowest BCUT2D eigenvalue weighted by Crippen LogP contribution is -2.46. The van der Waals surface area contributed by atoms with Crippen LogP contribution in [0.4, 0.5) is 4.39 Å². The number of nitrogens with zero attached hydrogens (tertiary/aromatic N) is 2. The molecule has 1 aliphatic heterocycles. The number of nitrogens with one attached hydrogen (secondary N) is 1. The van der Waals surface area contributed by atoms with Crippen molar-refractivity contribution in [1.82, 2.24) is 10.2 Å². The number of carbonyl (C=O) groups excluding carboxylic acids is 1. The average Bonchev–Trinajstić information content (AvgIpc) is 2.38.